The van der Waals surface area contributed by atoms with Crippen molar-refractivity contribution >= 4 is 23.1 Å². The first kappa shape index (κ1) is 15.4. The van der Waals surface area contributed by atoms with E-state index in [-0.39, 0.29) is 22.8 Å². The number of methoxy groups -OCH3 is 1. The Labute approximate surface area is 117 Å². The lowest BCUT2D eigenvalue weighted by Crippen LogP contribution is -2.41. The second-order valence-electron chi connectivity index (χ2n) is 4.75. The third-order valence-corrected chi connectivity index (χ3v) is 3.33. The SMILES string of the molecule is COc1cccc(F)c1C(=O)NCC(C)(C)C(N)=S. The van der Waals surface area contributed by atoms with Crippen molar-refractivity contribution in [2.45, 2.75) is 13.8 Å². The molecule has 0 heterocycles. The summed E-state index contributed by atoms with van der Waals surface area (Å²) < 4.78 is 18.7. The lowest BCUT2D eigenvalue weighted by Gasteiger charge is -2.23. The first-order chi connectivity index (χ1) is 8.79. The molecule has 0 fully saturated rings. The van der Waals surface area contributed by atoms with E-state index in [1.54, 1.807) is 13.8 Å². The van der Waals surface area contributed by atoms with Crippen LogP contribution in [0.3, 0.4) is 0 Å². The zero-order valence-electron chi connectivity index (χ0n) is 11.1. The van der Waals surface area contributed by atoms with Crippen LogP contribution in [0.5, 0.6) is 5.75 Å². The summed E-state index contributed by atoms with van der Waals surface area (Å²) in [5, 5.41) is 2.61. The fourth-order valence-electron chi connectivity index (χ4n) is 1.37. The van der Waals surface area contributed by atoms with Crippen molar-refractivity contribution in [2.24, 2.45) is 11.1 Å². The molecule has 0 aliphatic carbocycles. The van der Waals surface area contributed by atoms with E-state index in [2.05, 4.69) is 5.32 Å². The van der Waals surface area contributed by atoms with Crippen LogP contribution in [0.25, 0.3) is 0 Å². The average molecular weight is 284 g/mol. The van der Waals surface area contributed by atoms with Gasteiger partial charge in [-0.3, -0.25) is 4.79 Å². The monoisotopic (exact) mass is 284 g/mol. The molecule has 1 aromatic rings. The minimum Gasteiger partial charge on any atom is -0.496 e. The van der Waals surface area contributed by atoms with Gasteiger partial charge in [-0.1, -0.05) is 32.1 Å². The highest BCUT2D eigenvalue weighted by molar-refractivity contribution is 7.80. The Morgan fingerprint density at radius 1 is 1.53 bits per heavy atom. The van der Waals surface area contributed by atoms with Gasteiger partial charge in [0.15, 0.2) is 0 Å². The average Bonchev–Trinajstić information content (AvgIpc) is 2.35. The maximum atomic E-state index is 13.7. The standard InChI is InChI=1S/C13H17FN2O2S/c1-13(2,12(15)19)7-16-11(17)10-8(14)5-4-6-9(10)18-3/h4-6H,7H2,1-3H3,(H2,15,19)(H,16,17). The van der Waals surface area contributed by atoms with Crippen molar-refractivity contribution in [3.63, 3.8) is 0 Å². The van der Waals surface area contributed by atoms with Crippen LogP contribution in [0.2, 0.25) is 0 Å². The smallest absolute Gasteiger partial charge is 0.258 e. The second kappa shape index (κ2) is 5.97. The van der Waals surface area contributed by atoms with Crippen molar-refractivity contribution in [1.29, 1.82) is 0 Å². The highest BCUT2D eigenvalue weighted by Gasteiger charge is 2.24. The Morgan fingerprint density at radius 3 is 2.68 bits per heavy atom. The van der Waals surface area contributed by atoms with E-state index in [0.29, 0.717) is 0 Å². The van der Waals surface area contributed by atoms with Crippen molar-refractivity contribution in [3.8, 4) is 5.75 Å². The number of hydrogen-bond acceptors (Lipinski definition) is 3. The van der Waals surface area contributed by atoms with Crippen molar-refractivity contribution < 1.29 is 13.9 Å². The van der Waals surface area contributed by atoms with Crippen LogP contribution >= 0.6 is 12.2 Å². The molecule has 0 saturated carbocycles. The van der Waals surface area contributed by atoms with Gasteiger partial charge in [-0.25, -0.2) is 4.39 Å². The number of halogens is 1. The van der Waals surface area contributed by atoms with E-state index in [1.807, 2.05) is 0 Å². The van der Waals surface area contributed by atoms with Gasteiger partial charge in [0.1, 0.15) is 17.1 Å². The van der Waals surface area contributed by atoms with Gasteiger partial charge in [0.2, 0.25) is 0 Å². The number of carbonyl (C=O) groups excluding carboxylic acids is 1. The molecule has 0 aromatic heterocycles. The van der Waals surface area contributed by atoms with E-state index in [1.165, 1.54) is 25.3 Å². The lowest BCUT2D eigenvalue weighted by atomic mass is 9.93. The molecule has 1 aromatic carbocycles. The first-order valence-corrected chi connectivity index (χ1v) is 6.11. The number of ether oxygens (including phenoxy) is 1. The number of thiocarbonyl (C=S) groups is 1. The zero-order valence-corrected chi connectivity index (χ0v) is 11.9. The van der Waals surface area contributed by atoms with Crippen molar-refractivity contribution in [1.82, 2.24) is 5.32 Å². The molecule has 1 rings (SSSR count). The fourth-order valence-corrected chi connectivity index (χ4v) is 1.44. The summed E-state index contributed by atoms with van der Waals surface area (Å²) in [4.78, 5) is 12.3. The number of rotatable bonds is 5. The van der Waals surface area contributed by atoms with Crippen LogP contribution in [0.1, 0.15) is 24.2 Å². The molecular formula is C13H17FN2O2S. The molecule has 0 saturated heterocycles. The quantitative estimate of drug-likeness (QED) is 0.810. The summed E-state index contributed by atoms with van der Waals surface area (Å²) in [6.45, 7) is 3.82. The van der Waals surface area contributed by atoms with Crippen molar-refractivity contribution in [3.05, 3.63) is 29.6 Å². The van der Waals surface area contributed by atoms with Crippen LogP contribution in [-0.4, -0.2) is 24.6 Å². The summed E-state index contributed by atoms with van der Waals surface area (Å²) >= 11 is 4.90. The summed E-state index contributed by atoms with van der Waals surface area (Å²) in [5.41, 5.74) is 4.90. The van der Waals surface area contributed by atoms with Gasteiger partial charge in [0.25, 0.3) is 5.91 Å². The normalized spacial score (nSPS) is 10.9. The Morgan fingerprint density at radius 2 is 2.16 bits per heavy atom. The second-order valence-corrected chi connectivity index (χ2v) is 5.19. The predicted molar refractivity (Wildman–Crippen MR) is 75.9 cm³/mol. The Balaban J connectivity index is 2.88. The van der Waals surface area contributed by atoms with E-state index in [0.717, 1.165) is 0 Å². The number of nitrogens with one attached hydrogen (secondary N) is 1. The first-order valence-electron chi connectivity index (χ1n) is 5.70. The molecule has 19 heavy (non-hydrogen) atoms. The molecule has 0 unspecified atom stereocenters. The van der Waals surface area contributed by atoms with Gasteiger partial charge < -0.3 is 15.8 Å². The summed E-state index contributed by atoms with van der Waals surface area (Å²) in [6.07, 6.45) is 0. The molecule has 6 heteroatoms. The minimum atomic E-state index is -0.634. The van der Waals surface area contributed by atoms with E-state index in [9.17, 15) is 9.18 Å². The van der Waals surface area contributed by atoms with E-state index >= 15 is 0 Å². The molecule has 0 spiro atoms. The highest BCUT2D eigenvalue weighted by atomic mass is 32.1. The largest absolute Gasteiger partial charge is 0.496 e. The molecule has 0 aliphatic rings. The Hall–Kier alpha value is -1.69. The van der Waals surface area contributed by atoms with E-state index in [4.69, 9.17) is 22.7 Å². The number of amides is 1. The van der Waals surface area contributed by atoms with Gasteiger partial charge in [-0.05, 0) is 12.1 Å². The maximum absolute atomic E-state index is 13.7. The van der Waals surface area contributed by atoms with Crippen LogP contribution in [0, 0.1) is 11.2 Å². The topological polar surface area (TPSA) is 64.3 Å². The van der Waals surface area contributed by atoms with Gasteiger partial charge in [-0.2, -0.15) is 0 Å². The van der Waals surface area contributed by atoms with Gasteiger partial charge in [-0.15, -0.1) is 0 Å². The van der Waals surface area contributed by atoms with Crippen LogP contribution in [-0.2, 0) is 0 Å². The predicted octanol–water partition coefficient (Wildman–Crippen LogP) is 1.88. The number of hydrogen-bond donors (Lipinski definition) is 2. The summed E-state index contributed by atoms with van der Waals surface area (Å²) in [5.74, 6) is -1.00. The molecule has 0 atom stereocenters. The van der Waals surface area contributed by atoms with Crippen LogP contribution in [0.4, 0.5) is 4.39 Å². The van der Waals surface area contributed by atoms with Gasteiger partial charge in [0.05, 0.1) is 12.1 Å². The molecule has 3 N–H and O–H groups in total. The summed E-state index contributed by atoms with van der Waals surface area (Å²) in [6, 6.07) is 4.21. The number of benzene rings is 1. The zero-order chi connectivity index (χ0) is 14.6. The Bertz CT molecular complexity index is 503. The lowest BCUT2D eigenvalue weighted by molar-refractivity contribution is 0.0937. The Kier molecular flexibility index (Phi) is 4.83. The van der Waals surface area contributed by atoms with Crippen LogP contribution in [0.15, 0.2) is 18.2 Å². The molecule has 4 nitrogen and oxygen atoms in total. The third-order valence-electron chi connectivity index (χ3n) is 2.78. The fraction of sp³-hybridized carbons (Fsp3) is 0.385. The van der Waals surface area contributed by atoms with Crippen LogP contribution < -0.4 is 15.8 Å². The number of nitrogens with two attached hydrogens (primary N) is 1. The van der Waals surface area contributed by atoms with E-state index < -0.39 is 17.1 Å². The minimum absolute atomic E-state index is 0.122. The third kappa shape index (κ3) is 3.64. The molecule has 1 amide bonds. The number of carbonyl (C=O) groups is 1. The molecule has 0 aliphatic heterocycles. The summed E-state index contributed by atoms with van der Waals surface area (Å²) in [7, 11) is 1.38. The maximum Gasteiger partial charge on any atom is 0.258 e. The van der Waals surface area contributed by atoms with Crippen molar-refractivity contribution in [2.75, 3.05) is 13.7 Å². The molecule has 0 bridgehead atoms. The molecule has 104 valence electrons. The highest BCUT2D eigenvalue weighted by Crippen LogP contribution is 2.21. The molecule has 0 radical (unpaired) electrons. The van der Waals surface area contributed by atoms with Gasteiger partial charge in [0, 0.05) is 12.0 Å². The molecular weight excluding hydrogens is 267 g/mol. The van der Waals surface area contributed by atoms with Gasteiger partial charge >= 0.3 is 0 Å².